The summed E-state index contributed by atoms with van der Waals surface area (Å²) in [5.74, 6) is 0. The number of aromatic nitrogens is 1. The summed E-state index contributed by atoms with van der Waals surface area (Å²) in [5, 5.41) is 7.16. The van der Waals surface area contributed by atoms with Crippen molar-refractivity contribution in [1.29, 1.82) is 0 Å². The van der Waals surface area contributed by atoms with Gasteiger partial charge in [0.15, 0.2) is 0 Å². The second kappa shape index (κ2) is 15.6. The summed E-state index contributed by atoms with van der Waals surface area (Å²) in [6, 6.07) is 88.6. The fourth-order valence-electron chi connectivity index (χ4n) is 11.6. The highest BCUT2D eigenvalue weighted by Gasteiger charge is 2.35. The second-order valence-electron chi connectivity index (χ2n) is 19.2. The minimum atomic E-state index is -0.0591. The normalized spacial score (nSPS) is 12.8. The minimum Gasteiger partial charge on any atom is -0.456 e. The molecule has 3 heteroatoms. The maximum atomic E-state index is 6.34. The van der Waals surface area contributed by atoms with Crippen LogP contribution in [0, 0.1) is 0 Å². The Balaban J connectivity index is 0.846. The van der Waals surface area contributed by atoms with E-state index in [9.17, 15) is 0 Å². The molecule has 330 valence electrons. The molecule has 0 radical (unpaired) electrons. The molecule has 3 nitrogen and oxygen atoms in total. The molecule has 0 aliphatic heterocycles. The summed E-state index contributed by atoms with van der Waals surface area (Å²) >= 11 is 0. The zero-order chi connectivity index (χ0) is 46.5. The zero-order valence-corrected chi connectivity index (χ0v) is 38.9. The molecule has 0 N–H and O–H groups in total. The van der Waals surface area contributed by atoms with Crippen LogP contribution in [0.1, 0.15) is 25.0 Å². The lowest BCUT2D eigenvalue weighted by atomic mass is 9.81. The molecule has 2 heterocycles. The lowest BCUT2D eigenvalue weighted by Crippen LogP contribution is -2.14. The van der Waals surface area contributed by atoms with Gasteiger partial charge < -0.3 is 13.9 Å². The Morgan fingerprint density at radius 1 is 0.357 bits per heavy atom. The van der Waals surface area contributed by atoms with Crippen molar-refractivity contribution in [2.45, 2.75) is 19.3 Å². The zero-order valence-electron chi connectivity index (χ0n) is 38.9. The Labute approximate surface area is 406 Å². The van der Waals surface area contributed by atoms with Crippen molar-refractivity contribution < 1.29 is 4.42 Å². The van der Waals surface area contributed by atoms with E-state index < -0.39 is 0 Å². The van der Waals surface area contributed by atoms with Crippen molar-refractivity contribution in [1.82, 2.24) is 4.57 Å². The molecular formula is C67H46N2O. The summed E-state index contributed by atoms with van der Waals surface area (Å²) in [6.45, 7) is 4.70. The molecule has 0 bridgehead atoms. The van der Waals surface area contributed by atoms with Gasteiger partial charge in [0.25, 0.3) is 0 Å². The van der Waals surface area contributed by atoms with Gasteiger partial charge in [-0.1, -0.05) is 184 Å². The van der Waals surface area contributed by atoms with E-state index in [-0.39, 0.29) is 5.41 Å². The molecule has 0 amide bonds. The van der Waals surface area contributed by atoms with Gasteiger partial charge in [-0.05, 0) is 134 Å². The quantitative estimate of drug-likeness (QED) is 0.159. The molecule has 0 fully saturated rings. The first-order chi connectivity index (χ1) is 34.5. The maximum absolute atomic E-state index is 6.34. The summed E-state index contributed by atoms with van der Waals surface area (Å²) in [4.78, 5) is 2.42. The molecule has 14 rings (SSSR count). The summed E-state index contributed by atoms with van der Waals surface area (Å²) < 4.78 is 8.73. The Hall–Kier alpha value is -8.92. The maximum Gasteiger partial charge on any atom is 0.136 e. The predicted molar refractivity (Wildman–Crippen MR) is 294 cm³/mol. The van der Waals surface area contributed by atoms with Crippen LogP contribution in [0.3, 0.4) is 0 Å². The monoisotopic (exact) mass is 894 g/mol. The van der Waals surface area contributed by atoms with Crippen molar-refractivity contribution in [2.24, 2.45) is 0 Å². The third kappa shape index (κ3) is 6.15. The predicted octanol–water partition coefficient (Wildman–Crippen LogP) is 18.6. The Morgan fingerprint density at radius 2 is 0.929 bits per heavy atom. The van der Waals surface area contributed by atoms with Gasteiger partial charge >= 0.3 is 0 Å². The highest BCUT2D eigenvalue weighted by Crippen LogP contribution is 2.50. The number of rotatable bonds is 7. The van der Waals surface area contributed by atoms with Gasteiger partial charge in [-0.3, -0.25) is 0 Å². The van der Waals surface area contributed by atoms with E-state index in [0.29, 0.717) is 0 Å². The molecule has 13 aromatic rings. The van der Waals surface area contributed by atoms with Gasteiger partial charge in [-0.2, -0.15) is 0 Å². The van der Waals surface area contributed by atoms with E-state index in [4.69, 9.17) is 4.42 Å². The van der Waals surface area contributed by atoms with Crippen molar-refractivity contribution in [3.8, 4) is 50.2 Å². The van der Waals surface area contributed by atoms with Crippen LogP contribution in [-0.2, 0) is 5.41 Å². The van der Waals surface area contributed by atoms with E-state index in [1.54, 1.807) is 0 Å². The van der Waals surface area contributed by atoms with Gasteiger partial charge in [0.05, 0.1) is 16.7 Å². The van der Waals surface area contributed by atoms with E-state index in [2.05, 4.69) is 260 Å². The first-order valence-electron chi connectivity index (χ1n) is 24.2. The van der Waals surface area contributed by atoms with E-state index in [1.807, 2.05) is 6.07 Å². The van der Waals surface area contributed by atoms with E-state index >= 15 is 0 Å². The average molecular weight is 895 g/mol. The number of hydrogen-bond donors (Lipinski definition) is 0. The summed E-state index contributed by atoms with van der Waals surface area (Å²) in [5.41, 5.74) is 21.2. The lowest BCUT2D eigenvalue weighted by molar-refractivity contribution is 0.660. The number of benzene rings is 11. The number of nitrogens with zero attached hydrogens (tertiary/aromatic N) is 2. The molecule has 1 aliphatic rings. The average Bonchev–Trinajstić information content (AvgIpc) is 4.04. The van der Waals surface area contributed by atoms with Crippen molar-refractivity contribution in [3.05, 3.63) is 254 Å². The molecule has 0 saturated carbocycles. The molecule has 0 saturated heterocycles. The molecule has 0 spiro atoms. The lowest BCUT2D eigenvalue weighted by Gasteiger charge is -2.28. The molecule has 70 heavy (non-hydrogen) atoms. The Kier molecular flexibility index (Phi) is 8.93. The fraction of sp³-hybridized carbons (Fsp3) is 0.0448. The number of fused-ring (bicyclic) bond motifs is 11. The van der Waals surface area contributed by atoms with Crippen LogP contribution in [0.5, 0.6) is 0 Å². The standard InChI is InChI=1S/C67H46N2O/c1-67(2)58-21-11-8-17-53(58)54-37-30-47(42-59(54)67)45-28-33-49(34-29-45)68(61-39-38-51(46-14-4-3-5-15-46)52-16-6-7-18-55(52)61)48-31-24-43(25-32-48)44-26-35-50(36-27-44)69-60-22-12-9-19-56(60)65-62(69)40-41-64-66(65)57-20-10-13-23-63(57)70-64/h3-42H,1-2H3. The highest BCUT2D eigenvalue weighted by atomic mass is 16.3. The van der Waals surface area contributed by atoms with Crippen LogP contribution in [0.4, 0.5) is 17.1 Å². The van der Waals surface area contributed by atoms with E-state index in [0.717, 1.165) is 55.9 Å². The summed E-state index contributed by atoms with van der Waals surface area (Å²) in [6.07, 6.45) is 0. The molecule has 1 aliphatic carbocycles. The Morgan fingerprint density at radius 3 is 1.69 bits per heavy atom. The van der Waals surface area contributed by atoms with Gasteiger partial charge in [0.2, 0.25) is 0 Å². The summed E-state index contributed by atoms with van der Waals surface area (Å²) in [7, 11) is 0. The smallest absolute Gasteiger partial charge is 0.136 e. The first-order valence-corrected chi connectivity index (χ1v) is 24.2. The van der Waals surface area contributed by atoms with Crippen LogP contribution in [0.25, 0.3) is 105 Å². The van der Waals surface area contributed by atoms with Crippen molar-refractivity contribution in [3.63, 3.8) is 0 Å². The fourth-order valence-corrected chi connectivity index (χ4v) is 11.6. The van der Waals surface area contributed by atoms with Crippen LogP contribution in [-0.4, -0.2) is 4.57 Å². The van der Waals surface area contributed by atoms with Crippen LogP contribution < -0.4 is 4.90 Å². The third-order valence-electron chi connectivity index (χ3n) is 15.0. The SMILES string of the molecule is CC1(C)c2ccccc2-c2ccc(-c3ccc(N(c4ccc(-c5ccc(-n6c7ccccc7c7c8c(ccc76)oc6ccccc68)cc5)cc4)c4ccc(-c5ccccc5)c5ccccc45)cc3)cc21. The molecule has 2 aromatic heterocycles. The van der Waals surface area contributed by atoms with Crippen LogP contribution >= 0.6 is 0 Å². The molecular weight excluding hydrogens is 849 g/mol. The van der Waals surface area contributed by atoms with Gasteiger partial charge in [0, 0.05) is 49.4 Å². The number of hydrogen-bond acceptors (Lipinski definition) is 2. The number of furan rings is 1. The first kappa shape index (κ1) is 40.2. The van der Waals surface area contributed by atoms with Gasteiger partial charge in [0.1, 0.15) is 11.2 Å². The van der Waals surface area contributed by atoms with Crippen molar-refractivity contribution in [2.75, 3.05) is 4.90 Å². The van der Waals surface area contributed by atoms with Gasteiger partial charge in [-0.15, -0.1) is 0 Å². The molecule has 11 aromatic carbocycles. The number of anilines is 3. The third-order valence-corrected chi connectivity index (χ3v) is 15.0. The van der Waals surface area contributed by atoms with E-state index in [1.165, 1.54) is 77.0 Å². The van der Waals surface area contributed by atoms with Crippen LogP contribution in [0.15, 0.2) is 247 Å². The van der Waals surface area contributed by atoms with Crippen LogP contribution in [0.2, 0.25) is 0 Å². The van der Waals surface area contributed by atoms with Gasteiger partial charge in [-0.25, -0.2) is 0 Å². The molecule has 0 unspecified atom stereocenters. The molecule has 0 atom stereocenters. The minimum absolute atomic E-state index is 0.0591. The van der Waals surface area contributed by atoms with Crippen molar-refractivity contribution >= 4 is 71.6 Å². The number of para-hydroxylation sites is 2. The largest absolute Gasteiger partial charge is 0.456 e. The highest BCUT2D eigenvalue weighted by molar-refractivity contribution is 6.27. The Bertz CT molecular complexity index is 4180. The second-order valence-corrected chi connectivity index (χ2v) is 19.2. The topological polar surface area (TPSA) is 21.3 Å².